The summed E-state index contributed by atoms with van der Waals surface area (Å²) in [5, 5.41) is 19.5. The number of azide groups is 1. The molecule has 0 spiro atoms. The lowest BCUT2D eigenvalue weighted by Gasteiger charge is -2.46. The highest BCUT2D eigenvalue weighted by Crippen LogP contribution is 2.25. The number of nitrogens with zero attached hydrogens (tertiary/aromatic N) is 3. The number of carbonyl (C=O) groups excluding carboxylic acids is 2. The van der Waals surface area contributed by atoms with E-state index in [9.17, 15) is 14.7 Å². The molecular weight excluding hydrogens is 358 g/mol. The lowest BCUT2D eigenvalue weighted by molar-refractivity contribution is -0.243. The third-order valence-electron chi connectivity index (χ3n) is 4.36. The van der Waals surface area contributed by atoms with Crippen LogP contribution < -0.4 is 10.6 Å². The fraction of sp³-hybridized carbons (Fsp3) is 0.867. The third kappa shape index (κ3) is 6.26. The maximum atomic E-state index is 11.6. The van der Waals surface area contributed by atoms with Gasteiger partial charge in [-0.15, -0.1) is 0 Å². The maximum Gasteiger partial charge on any atom is 0.217 e. The molecule has 1 saturated heterocycles. The van der Waals surface area contributed by atoms with Crippen LogP contribution in [0.4, 0.5) is 0 Å². The minimum atomic E-state index is -1.67. The van der Waals surface area contributed by atoms with E-state index in [0.29, 0.717) is 0 Å². The van der Waals surface area contributed by atoms with Gasteiger partial charge in [0.15, 0.2) is 6.29 Å². The molecule has 1 aliphatic rings. The number of ether oxygens (including phenoxy) is 2. The van der Waals surface area contributed by atoms with Crippen LogP contribution in [0.15, 0.2) is 5.11 Å². The zero-order chi connectivity index (χ0) is 20.1. The Morgan fingerprint density at radius 1 is 1.27 bits per heavy atom. The summed E-state index contributed by atoms with van der Waals surface area (Å²) in [6, 6.07) is -1.72. The van der Waals surface area contributed by atoms with Gasteiger partial charge in [0, 0.05) is 24.5 Å². The molecule has 0 aromatic carbocycles. The predicted molar refractivity (Wildman–Crippen MR) is 97.8 cm³/mol. The minimum Gasteiger partial charge on any atom is -0.389 e. The van der Waals surface area contributed by atoms with Crippen LogP contribution in [-0.2, 0) is 19.1 Å². The summed E-state index contributed by atoms with van der Waals surface area (Å²) in [6.45, 7) is 10.8. The molecule has 1 aliphatic heterocycles. The van der Waals surface area contributed by atoms with Gasteiger partial charge in [0.2, 0.25) is 11.8 Å². The normalized spacial score (nSPS) is 30.0. The second kappa shape index (κ2) is 9.33. The van der Waals surface area contributed by atoms with Crippen molar-refractivity contribution < 1.29 is 24.2 Å². The number of aliphatic hydroxyl groups is 1. The van der Waals surface area contributed by atoms with Gasteiger partial charge in [0.1, 0.15) is 12.1 Å². The Labute approximate surface area is 154 Å². The van der Waals surface area contributed by atoms with Gasteiger partial charge < -0.3 is 25.2 Å². The van der Waals surface area contributed by atoms with E-state index in [2.05, 4.69) is 40.3 Å². The lowest BCUT2D eigenvalue weighted by Crippen LogP contribution is -2.69. The van der Waals surface area contributed by atoms with E-state index in [1.807, 2.05) is 6.92 Å². The Balaban J connectivity index is 3.13. The second-order valence-electron chi connectivity index (χ2n) is 7.54. The summed E-state index contributed by atoms with van der Waals surface area (Å²) in [5.41, 5.74) is 8.47. The van der Waals surface area contributed by atoms with Crippen molar-refractivity contribution >= 4 is 19.9 Å². The summed E-state index contributed by atoms with van der Waals surface area (Å²) in [6.07, 6.45) is -2.89. The van der Waals surface area contributed by atoms with Gasteiger partial charge in [-0.1, -0.05) is 24.8 Å². The number of carbonyl (C=O) groups is 2. The van der Waals surface area contributed by atoms with Gasteiger partial charge in [0.05, 0.1) is 26.8 Å². The van der Waals surface area contributed by atoms with Gasteiger partial charge in [-0.3, -0.25) is 9.59 Å². The van der Waals surface area contributed by atoms with Gasteiger partial charge >= 0.3 is 0 Å². The van der Waals surface area contributed by atoms with E-state index in [4.69, 9.17) is 15.0 Å². The van der Waals surface area contributed by atoms with Crippen LogP contribution in [0.1, 0.15) is 20.8 Å². The monoisotopic (exact) mass is 387 g/mol. The van der Waals surface area contributed by atoms with Gasteiger partial charge in [-0.05, 0) is 12.5 Å². The van der Waals surface area contributed by atoms with E-state index in [1.54, 1.807) is 0 Å². The number of aliphatic hydroxyl groups excluding tert-OH is 1. The Bertz CT molecular complexity index is 563. The maximum absolute atomic E-state index is 11.6. The van der Waals surface area contributed by atoms with E-state index < -0.39 is 38.7 Å². The van der Waals surface area contributed by atoms with Crippen LogP contribution in [-0.4, -0.2) is 67.8 Å². The summed E-state index contributed by atoms with van der Waals surface area (Å²) >= 11 is 0. The molecule has 1 unspecified atom stereocenters. The first-order chi connectivity index (χ1) is 12.0. The number of rotatable bonds is 7. The Hall–Kier alpha value is -1.65. The van der Waals surface area contributed by atoms with Crippen molar-refractivity contribution in [1.82, 2.24) is 10.6 Å². The Kier molecular flexibility index (Phi) is 8.04. The SMILES string of the molecule is CC(=O)N[C@@H]1[C@H](OC(C)[Si](C)(C)C)O[C@H](CN=[N+]=[N-])[C@@H](NC(C)=O)[C@@H]1O. The molecule has 3 N–H and O–H groups in total. The molecule has 11 heteroatoms. The van der Waals surface area contributed by atoms with Crippen LogP contribution in [0.3, 0.4) is 0 Å². The average molecular weight is 388 g/mol. The van der Waals surface area contributed by atoms with E-state index in [0.717, 1.165) is 0 Å². The average Bonchev–Trinajstić information content (AvgIpc) is 2.50. The molecule has 0 radical (unpaired) electrons. The molecule has 0 aliphatic carbocycles. The molecule has 148 valence electrons. The van der Waals surface area contributed by atoms with E-state index >= 15 is 0 Å². The van der Waals surface area contributed by atoms with Crippen molar-refractivity contribution in [3.05, 3.63) is 10.4 Å². The van der Waals surface area contributed by atoms with E-state index in [1.165, 1.54) is 13.8 Å². The molecule has 0 saturated carbocycles. The summed E-state index contributed by atoms with van der Waals surface area (Å²) in [5.74, 6) is -0.734. The fourth-order valence-electron chi connectivity index (χ4n) is 2.54. The highest BCUT2D eigenvalue weighted by Gasteiger charge is 2.47. The number of amides is 2. The van der Waals surface area contributed by atoms with Crippen molar-refractivity contribution in [3.8, 4) is 0 Å². The molecule has 0 aromatic heterocycles. The molecule has 26 heavy (non-hydrogen) atoms. The molecule has 1 heterocycles. The van der Waals surface area contributed by atoms with E-state index in [-0.39, 0.29) is 24.1 Å². The van der Waals surface area contributed by atoms with Crippen molar-refractivity contribution in [2.75, 3.05) is 6.54 Å². The van der Waals surface area contributed by atoms with Crippen LogP contribution in [0.5, 0.6) is 0 Å². The van der Waals surface area contributed by atoms with Crippen molar-refractivity contribution in [2.45, 2.75) is 76.7 Å². The van der Waals surface area contributed by atoms with Crippen LogP contribution in [0.25, 0.3) is 10.4 Å². The molecule has 1 fully saturated rings. The summed E-state index contributed by atoms with van der Waals surface area (Å²) in [7, 11) is -1.67. The smallest absolute Gasteiger partial charge is 0.217 e. The second-order valence-corrected chi connectivity index (χ2v) is 13.1. The summed E-state index contributed by atoms with van der Waals surface area (Å²) in [4.78, 5) is 25.8. The standard InChI is InChI=1S/C15H29N5O5Si/c1-8(21)18-12-11(7-17-20-16)25-15(24-10(3)26(4,5)6)13(14(12)23)19-9(2)22/h10-15,23H,7H2,1-6H3,(H,18,21)(H,19,22)/t10?,11-,12-,13+,14+,15-/m1/s1. The largest absolute Gasteiger partial charge is 0.389 e. The highest BCUT2D eigenvalue weighted by atomic mass is 28.3. The molecular formula is C15H29N5O5Si. The third-order valence-corrected chi connectivity index (χ3v) is 6.94. The highest BCUT2D eigenvalue weighted by molar-refractivity contribution is 6.77. The quantitative estimate of drug-likeness (QED) is 0.254. The summed E-state index contributed by atoms with van der Waals surface area (Å²) < 4.78 is 11.9. The number of nitrogens with one attached hydrogen (secondary N) is 2. The van der Waals surface area contributed by atoms with Crippen molar-refractivity contribution in [3.63, 3.8) is 0 Å². The van der Waals surface area contributed by atoms with Crippen LogP contribution >= 0.6 is 0 Å². The van der Waals surface area contributed by atoms with Gasteiger partial charge in [-0.25, -0.2) is 0 Å². The van der Waals surface area contributed by atoms with Crippen LogP contribution in [0, 0.1) is 0 Å². The molecule has 0 bridgehead atoms. The molecule has 0 aromatic rings. The topological polar surface area (TPSA) is 146 Å². The van der Waals surface area contributed by atoms with Gasteiger partial charge in [-0.2, -0.15) is 0 Å². The Morgan fingerprint density at radius 2 is 1.81 bits per heavy atom. The number of hydrogen-bond donors (Lipinski definition) is 3. The van der Waals surface area contributed by atoms with Crippen LogP contribution in [0.2, 0.25) is 19.6 Å². The zero-order valence-corrected chi connectivity index (χ0v) is 17.1. The van der Waals surface area contributed by atoms with Gasteiger partial charge in [0.25, 0.3) is 0 Å². The molecule has 2 amide bonds. The predicted octanol–water partition coefficient (Wildman–Crippen LogP) is 0.674. The molecule has 6 atom stereocenters. The molecule has 1 rings (SSSR count). The first kappa shape index (κ1) is 22.4. The lowest BCUT2D eigenvalue weighted by atomic mass is 9.93. The molecule has 10 nitrogen and oxygen atoms in total. The minimum absolute atomic E-state index is 0.0908. The zero-order valence-electron chi connectivity index (χ0n) is 16.1. The first-order valence-electron chi connectivity index (χ1n) is 8.51. The first-order valence-corrected chi connectivity index (χ1v) is 12.1. The Morgan fingerprint density at radius 3 is 2.27 bits per heavy atom. The van der Waals surface area contributed by atoms with Crippen molar-refractivity contribution in [2.24, 2.45) is 5.11 Å². The fourth-order valence-corrected chi connectivity index (χ4v) is 3.09. The number of hydrogen-bond acceptors (Lipinski definition) is 6. The van der Waals surface area contributed by atoms with Crippen molar-refractivity contribution in [1.29, 1.82) is 0 Å².